The molecule has 5 nitrogen and oxygen atoms in total. The van der Waals surface area contributed by atoms with Crippen LogP contribution in [0.2, 0.25) is 0 Å². The Hall–Kier alpha value is -0.380. The summed E-state index contributed by atoms with van der Waals surface area (Å²) in [5.41, 5.74) is 0. The number of halogens is 1. The molecule has 0 spiro atoms. The molecule has 0 atom stereocenters. The van der Waals surface area contributed by atoms with Gasteiger partial charge >= 0.3 is 0 Å². The number of hydrogen-bond donors (Lipinski definition) is 1. The lowest BCUT2D eigenvalue weighted by molar-refractivity contribution is -1.92. The molecule has 0 radical (unpaired) electrons. The Labute approximate surface area is 48.1 Å². The second-order valence-electron chi connectivity index (χ2n) is 0.620. The van der Waals surface area contributed by atoms with Gasteiger partial charge in [-0.05, 0) is 0 Å². The topological polar surface area (TPSA) is 113 Å². The fourth-order valence-electron chi connectivity index (χ4n) is 0. The van der Waals surface area contributed by atoms with E-state index in [1.807, 2.05) is 0 Å². The molecule has 0 aromatic heterocycles. The Morgan fingerprint density at radius 1 is 1.50 bits per heavy atom. The zero-order valence-corrected chi connectivity index (χ0v) is 4.75. The molecule has 0 aromatic carbocycles. The van der Waals surface area contributed by atoms with Crippen LogP contribution in [0, 0.1) is 21.6 Å². The fourth-order valence-corrected chi connectivity index (χ4v) is 0. The van der Waals surface area contributed by atoms with Crippen molar-refractivity contribution in [1.29, 1.82) is 5.26 Å². The van der Waals surface area contributed by atoms with Crippen molar-refractivity contribution in [3.63, 3.8) is 0 Å². The molecule has 48 valence electrons. The summed E-state index contributed by atoms with van der Waals surface area (Å²) < 4.78 is 32.7. The summed E-state index contributed by atoms with van der Waals surface area (Å²) in [4.78, 5) is 0. The molecule has 0 bridgehead atoms. The summed E-state index contributed by atoms with van der Waals surface area (Å²) in [6.45, 7) is 1.43. The van der Waals surface area contributed by atoms with Gasteiger partial charge in [0.1, 0.15) is 0 Å². The number of nitriles is 1. The summed E-state index contributed by atoms with van der Waals surface area (Å²) in [7, 11) is -4.69. The Kier molecular flexibility index (Phi) is 6.31. The predicted molar refractivity (Wildman–Crippen MR) is 13.5 cm³/mol. The Morgan fingerprint density at radius 2 is 1.50 bits per heavy atom. The highest BCUT2D eigenvalue weighted by Gasteiger charge is 1.98. The van der Waals surface area contributed by atoms with Gasteiger partial charge in [0.2, 0.25) is 0 Å². The summed E-state index contributed by atoms with van der Waals surface area (Å²) >= 11 is 0. The van der Waals surface area contributed by atoms with Crippen molar-refractivity contribution >= 4 is 0 Å². The second kappa shape index (κ2) is 4.77. The SMILES string of the molecule is CC#N.[O-][Cl+3]([O-])([O-])O. The number of rotatable bonds is 0. The molecule has 0 saturated heterocycles. The molecule has 0 aliphatic carbocycles. The van der Waals surface area contributed by atoms with E-state index in [1.54, 1.807) is 6.07 Å². The monoisotopic (exact) mass is 141 g/mol. The Bertz CT molecular complexity index is 75.0. The maximum absolute atomic E-state index is 8.60. The molecule has 0 fully saturated rings. The van der Waals surface area contributed by atoms with Crippen LogP contribution in [0.3, 0.4) is 0 Å². The van der Waals surface area contributed by atoms with E-state index in [-0.39, 0.29) is 0 Å². The quantitative estimate of drug-likeness (QED) is 0.375. The fraction of sp³-hybridized carbons (Fsp3) is 0.500. The van der Waals surface area contributed by atoms with E-state index in [0.717, 1.165) is 0 Å². The van der Waals surface area contributed by atoms with Crippen molar-refractivity contribution in [1.82, 2.24) is 0 Å². The van der Waals surface area contributed by atoms with Crippen LogP contribution in [0.15, 0.2) is 0 Å². The summed E-state index contributed by atoms with van der Waals surface area (Å²) in [5.74, 6) is 0. The van der Waals surface area contributed by atoms with Crippen molar-refractivity contribution in [2.24, 2.45) is 0 Å². The standard InChI is InChI=1S/C2H3N.ClHO4/c1-2-3;2-1(3,4)5/h1H3;(H,2,3,4,5). The maximum atomic E-state index is 8.60. The maximum Gasteiger partial charge on any atom is 0.0777 e. The largest absolute Gasteiger partial charge is 0.199 e. The van der Waals surface area contributed by atoms with Crippen LogP contribution in [0.4, 0.5) is 0 Å². The lowest BCUT2D eigenvalue weighted by Gasteiger charge is -2.03. The lowest BCUT2D eigenvalue weighted by atomic mass is 11.0. The lowest BCUT2D eigenvalue weighted by Crippen LogP contribution is -2.58. The molecule has 0 saturated carbocycles. The van der Waals surface area contributed by atoms with Crippen LogP contribution in [0.25, 0.3) is 0 Å². The summed E-state index contributed by atoms with van der Waals surface area (Å²) in [6.07, 6.45) is 0. The van der Waals surface area contributed by atoms with Gasteiger partial charge < -0.3 is 0 Å². The predicted octanol–water partition coefficient (Wildman–Crippen LogP) is -3.59. The van der Waals surface area contributed by atoms with E-state index in [2.05, 4.69) is 0 Å². The molecular formula is C2H4ClNO4. The van der Waals surface area contributed by atoms with Gasteiger partial charge in [-0.2, -0.15) is 19.2 Å². The van der Waals surface area contributed by atoms with Crippen LogP contribution in [0.5, 0.6) is 0 Å². The van der Waals surface area contributed by atoms with E-state index in [4.69, 9.17) is 23.9 Å². The first-order valence-corrected chi connectivity index (χ1v) is 2.62. The van der Waals surface area contributed by atoms with Crippen molar-refractivity contribution in [3.8, 4) is 6.07 Å². The van der Waals surface area contributed by atoms with Gasteiger partial charge in [-0.25, -0.2) is 0 Å². The van der Waals surface area contributed by atoms with E-state index >= 15 is 0 Å². The first-order valence-electron chi connectivity index (χ1n) is 1.36. The van der Waals surface area contributed by atoms with Gasteiger partial charge in [0.05, 0.1) is 21.0 Å². The van der Waals surface area contributed by atoms with Gasteiger partial charge in [-0.3, -0.25) is 0 Å². The zero-order valence-electron chi connectivity index (χ0n) is 4.00. The molecule has 0 rings (SSSR count). The first kappa shape index (κ1) is 10.6. The van der Waals surface area contributed by atoms with E-state index in [0.29, 0.717) is 0 Å². The van der Waals surface area contributed by atoms with Gasteiger partial charge in [0.15, 0.2) is 0 Å². The van der Waals surface area contributed by atoms with E-state index in [1.165, 1.54) is 6.92 Å². The average molecular weight is 142 g/mol. The molecule has 0 unspecified atom stereocenters. The number of hydrogen-bond acceptors (Lipinski definition) is 5. The first-order chi connectivity index (χ1) is 3.41. The second-order valence-corrected chi connectivity index (χ2v) is 1.41. The van der Waals surface area contributed by atoms with Crippen LogP contribution in [-0.2, 0) is 0 Å². The highest BCUT2D eigenvalue weighted by atomic mass is 35.7. The zero-order chi connectivity index (χ0) is 7.21. The minimum Gasteiger partial charge on any atom is -0.199 e. The Balaban J connectivity index is 0. The highest BCUT2D eigenvalue weighted by molar-refractivity contribution is 4.51. The van der Waals surface area contributed by atoms with Crippen LogP contribution in [0.1, 0.15) is 6.92 Å². The van der Waals surface area contributed by atoms with Crippen molar-refractivity contribution in [2.45, 2.75) is 6.92 Å². The minimum absolute atomic E-state index is 1.43. The van der Waals surface area contributed by atoms with Crippen LogP contribution < -0.4 is 14.0 Å². The third-order valence-corrected chi connectivity index (χ3v) is 0. The molecule has 8 heavy (non-hydrogen) atoms. The van der Waals surface area contributed by atoms with E-state index in [9.17, 15) is 0 Å². The molecular weight excluding hydrogens is 137 g/mol. The smallest absolute Gasteiger partial charge is 0.0777 e. The van der Waals surface area contributed by atoms with Crippen LogP contribution in [-0.4, -0.2) is 4.66 Å². The molecule has 1 N–H and O–H groups in total. The van der Waals surface area contributed by atoms with Gasteiger partial charge in [-0.1, -0.05) is 0 Å². The number of nitrogens with zero attached hydrogens (tertiary/aromatic N) is 1. The highest BCUT2D eigenvalue weighted by Crippen LogP contribution is 1.60. The molecule has 6 heteroatoms. The molecule has 0 aromatic rings. The van der Waals surface area contributed by atoms with Crippen molar-refractivity contribution in [2.75, 3.05) is 0 Å². The van der Waals surface area contributed by atoms with Crippen LogP contribution >= 0.6 is 0 Å². The van der Waals surface area contributed by atoms with Gasteiger partial charge in [0, 0.05) is 6.92 Å². The summed E-state index contributed by atoms with van der Waals surface area (Å²) in [6, 6.07) is 1.75. The van der Waals surface area contributed by atoms with Crippen molar-refractivity contribution in [3.05, 3.63) is 0 Å². The minimum atomic E-state index is -4.69. The molecule has 0 aliphatic heterocycles. The third kappa shape index (κ3) is 831. The molecule has 0 heterocycles. The van der Waals surface area contributed by atoms with Gasteiger partial charge in [-0.15, -0.1) is 0 Å². The summed E-state index contributed by atoms with van der Waals surface area (Å²) in [5, 5.41) is 7.32. The molecule has 0 aliphatic rings. The van der Waals surface area contributed by atoms with Crippen molar-refractivity contribution < 1.29 is 28.9 Å². The third-order valence-electron chi connectivity index (χ3n) is 0. The Morgan fingerprint density at radius 3 is 1.50 bits per heavy atom. The van der Waals surface area contributed by atoms with E-state index < -0.39 is 10.2 Å². The van der Waals surface area contributed by atoms with Gasteiger partial charge in [0.25, 0.3) is 0 Å². The molecule has 0 amide bonds. The average Bonchev–Trinajstić information content (AvgIpc) is 1.27. The normalized spacial score (nSPS) is 8.50.